The van der Waals surface area contributed by atoms with E-state index in [9.17, 15) is 0 Å². The molecule has 1 aromatic rings. The fraction of sp³-hybridized carbons (Fsp3) is 0.667. The van der Waals surface area contributed by atoms with Crippen LogP contribution < -0.4 is 5.32 Å². The third-order valence-corrected chi connectivity index (χ3v) is 3.35. The number of aromatic amines is 1. The van der Waals surface area contributed by atoms with Crippen LogP contribution in [0.3, 0.4) is 0 Å². The van der Waals surface area contributed by atoms with Crippen molar-refractivity contribution in [3.63, 3.8) is 0 Å². The Labute approximate surface area is 97.6 Å². The molecular formula is C12H22N4. The lowest BCUT2D eigenvalue weighted by atomic mass is 10.2. The average molecular weight is 222 g/mol. The van der Waals surface area contributed by atoms with Crippen LogP contribution >= 0.6 is 0 Å². The molecule has 1 unspecified atom stereocenters. The van der Waals surface area contributed by atoms with Gasteiger partial charge in [0.1, 0.15) is 0 Å². The SMILES string of the molecule is CN1CCN(C)C(CNCc2cc[nH]c2)C1. The summed E-state index contributed by atoms with van der Waals surface area (Å²) in [5.41, 5.74) is 1.33. The second kappa shape index (κ2) is 5.48. The molecule has 1 aromatic heterocycles. The fourth-order valence-electron chi connectivity index (χ4n) is 2.17. The first-order valence-electron chi connectivity index (χ1n) is 5.97. The Kier molecular flexibility index (Phi) is 3.98. The van der Waals surface area contributed by atoms with Crippen molar-refractivity contribution < 1.29 is 0 Å². The van der Waals surface area contributed by atoms with Crippen molar-refractivity contribution in [3.8, 4) is 0 Å². The maximum Gasteiger partial charge on any atom is 0.0345 e. The van der Waals surface area contributed by atoms with Crippen molar-refractivity contribution in [2.75, 3.05) is 40.3 Å². The van der Waals surface area contributed by atoms with Crippen LogP contribution in [0, 0.1) is 0 Å². The monoisotopic (exact) mass is 222 g/mol. The van der Waals surface area contributed by atoms with Gasteiger partial charge in [0.15, 0.2) is 0 Å². The van der Waals surface area contributed by atoms with E-state index in [-0.39, 0.29) is 0 Å². The van der Waals surface area contributed by atoms with Crippen molar-refractivity contribution in [1.29, 1.82) is 0 Å². The zero-order chi connectivity index (χ0) is 11.4. The molecule has 4 nitrogen and oxygen atoms in total. The molecule has 1 fully saturated rings. The maximum atomic E-state index is 3.52. The van der Waals surface area contributed by atoms with Crippen LogP contribution in [0.1, 0.15) is 5.56 Å². The predicted molar refractivity (Wildman–Crippen MR) is 66.4 cm³/mol. The Hall–Kier alpha value is -0.840. The number of rotatable bonds is 4. The average Bonchev–Trinajstić information content (AvgIpc) is 2.76. The molecule has 0 radical (unpaired) electrons. The summed E-state index contributed by atoms with van der Waals surface area (Å²) >= 11 is 0. The van der Waals surface area contributed by atoms with E-state index in [0.717, 1.165) is 19.6 Å². The first-order chi connectivity index (χ1) is 7.75. The van der Waals surface area contributed by atoms with Gasteiger partial charge in [0.05, 0.1) is 0 Å². The van der Waals surface area contributed by atoms with Crippen LogP contribution in [0.4, 0.5) is 0 Å². The summed E-state index contributed by atoms with van der Waals surface area (Å²) in [6.45, 7) is 5.54. The summed E-state index contributed by atoms with van der Waals surface area (Å²) in [6.07, 6.45) is 4.02. The predicted octanol–water partition coefficient (Wildman–Crippen LogP) is 0.350. The largest absolute Gasteiger partial charge is 0.367 e. The van der Waals surface area contributed by atoms with Gasteiger partial charge in [0.2, 0.25) is 0 Å². The lowest BCUT2D eigenvalue weighted by molar-refractivity contribution is 0.113. The highest BCUT2D eigenvalue weighted by molar-refractivity contribution is 5.07. The second-order valence-corrected chi connectivity index (χ2v) is 4.75. The zero-order valence-electron chi connectivity index (χ0n) is 10.2. The Balaban J connectivity index is 1.72. The van der Waals surface area contributed by atoms with E-state index in [4.69, 9.17) is 0 Å². The third kappa shape index (κ3) is 3.07. The molecule has 1 aliphatic heterocycles. The summed E-state index contributed by atoms with van der Waals surface area (Å²) in [5, 5.41) is 3.52. The van der Waals surface area contributed by atoms with Crippen molar-refractivity contribution in [2.24, 2.45) is 0 Å². The topological polar surface area (TPSA) is 34.3 Å². The molecule has 0 saturated carbocycles. The molecule has 90 valence electrons. The molecule has 0 amide bonds. The molecule has 1 saturated heterocycles. The molecule has 2 rings (SSSR count). The van der Waals surface area contributed by atoms with E-state index in [1.54, 1.807) is 0 Å². The number of piperazine rings is 1. The van der Waals surface area contributed by atoms with Gasteiger partial charge in [-0.1, -0.05) is 0 Å². The lowest BCUT2D eigenvalue weighted by Crippen LogP contribution is -2.53. The van der Waals surface area contributed by atoms with Crippen LogP contribution in [-0.2, 0) is 6.54 Å². The first kappa shape index (κ1) is 11.6. The molecule has 2 N–H and O–H groups in total. The summed E-state index contributed by atoms with van der Waals surface area (Å²) in [7, 11) is 4.42. The number of H-pyrrole nitrogens is 1. The smallest absolute Gasteiger partial charge is 0.0345 e. The number of aromatic nitrogens is 1. The minimum absolute atomic E-state index is 0.637. The Morgan fingerprint density at radius 3 is 3.06 bits per heavy atom. The van der Waals surface area contributed by atoms with Gasteiger partial charge in [-0.15, -0.1) is 0 Å². The molecule has 0 aliphatic carbocycles. The quantitative estimate of drug-likeness (QED) is 0.771. The van der Waals surface area contributed by atoms with E-state index in [1.165, 1.54) is 18.7 Å². The molecule has 0 spiro atoms. The minimum atomic E-state index is 0.637. The lowest BCUT2D eigenvalue weighted by Gasteiger charge is -2.37. The van der Waals surface area contributed by atoms with E-state index < -0.39 is 0 Å². The minimum Gasteiger partial charge on any atom is -0.367 e. The number of likely N-dealkylation sites (N-methyl/N-ethyl adjacent to an activating group) is 2. The van der Waals surface area contributed by atoms with E-state index in [1.807, 2.05) is 12.4 Å². The van der Waals surface area contributed by atoms with Gasteiger partial charge in [-0.3, -0.25) is 4.90 Å². The van der Waals surface area contributed by atoms with Crippen LogP contribution in [0.5, 0.6) is 0 Å². The van der Waals surface area contributed by atoms with Gasteiger partial charge in [-0.2, -0.15) is 0 Å². The molecular weight excluding hydrogens is 200 g/mol. The summed E-state index contributed by atoms with van der Waals surface area (Å²) in [6, 6.07) is 2.75. The molecule has 0 aromatic carbocycles. The van der Waals surface area contributed by atoms with Crippen LogP contribution in [0.15, 0.2) is 18.5 Å². The summed E-state index contributed by atoms with van der Waals surface area (Å²) in [5.74, 6) is 0. The van der Waals surface area contributed by atoms with Crippen molar-refractivity contribution >= 4 is 0 Å². The van der Waals surface area contributed by atoms with Crippen LogP contribution in [0.2, 0.25) is 0 Å². The first-order valence-corrected chi connectivity index (χ1v) is 5.97. The number of nitrogens with one attached hydrogen (secondary N) is 2. The molecule has 2 heterocycles. The van der Waals surface area contributed by atoms with Crippen molar-refractivity contribution in [2.45, 2.75) is 12.6 Å². The van der Waals surface area contributed by atoms with Crippen molar-refractivity contribution in [3.05, 3.63) is 24.0 Å². The summed E-state index contributed by atoms with van der Waals surface area (Å²) < 4.78 is 0. The van der Waals surface area contributed by atoms with Gasteiger partial charge in [0.25, 0.3) is 0 Å². The van der Waals surface area contributed by atoms with E-state index in [2.05, 4.69) is 40.3 Å². The summed E-state index contributed by atoms with van der Waals surface area (Å²) in [4.78, 5) is 7.93. The Morgan fingerprint density at radius 1 is 1.44 bits per heavy atom. The fourth-order valence-corrected chi connectivity index (χ4v) is 2.17. The highest BCUT2D eigenvalue weighted by atomic mass is 15.3. The molecule has 1 aliphatic rings. The van der Waals surface area contributed by atoms with Crippen molar-refractivity contribution in [1.82, 2.24) is 20.1 Å². The van der Waals surface area contributed by atoms with Gasteiger partial charge < -0.3 is 15.2 Å². The van der Waals surface area contributed by atoms with Gasteiger partial charge in [0, 0.05) is 51.2 Å². The highest BCUT2D eigenvalue weighted by Gasteiger charge is 2.21. The molecule has 16 heavy (non-hydrogen) atoms. The Morgan fingerprint density at radius 2 is 2.31 bits per heavy atom. The normalized spacial score (nSPS) is 23.8. The van der Waals surface area contributed by atoms with Gasteiger partial charge in [-0.05, 0) is 25.7 Å². The van der Waals surface area contributed by atoms with Crippen LogP contribution in [-0.4, -0.2) is 61.1 Å². The van der Waals surface area contributed by atoms with E-state index >= 15 is 0 Å². The van der Waals surface area contributed by atoms with E-state index in [0.29, 0.717) is 6.04 Å². The molecule has 0 bridgehead atoms. The number of hydrogen-bond donors (Lipinski definition) is 2. The van der Waals surface area contributed by atoms with Gasteiger partial charge >= 0.3 is 0 Å². The maximum absolute atomic E-state index is 3.52. The molecule has 1 atom stereocenters. The highest BCUT2D eigenvalue weighted by Crippen LogP contribution is 2.05. The standard InChI is InChI=1S/C12H22N4/c1-15-5-6-16(2)12(10-15)9-14-8-11-3-4-13-7-11/h3-4,7,12-14H,5-6,8-10H2,1-2H3. The molecule has 4 heteroatoms. The van der Waals surface area contributed by atoms with Gasteiger partial charge in [-0.25, -0.2) is 0 Å². The Bertz CT molecular complexity index is 296. The zero-order valence-corrected chi connectivity index (χ0v) is 10.2. The number of hydrogen-bond acceptors (Lipinski definition) is 3. The van der Waals surface area contributed by atoms with Crippen LogP contribution in [0.25, 0.3) is 0 Å². The third-order valence-electron chi connectivity index (χ3n) is 3.35. The number of nitrogens with zero attached hydrogens (tertiary/aromatic N) is 2. The second-order valence-electron chi connectivity index (χ2n) is 4.75.